The molecule has 0 aliphatic heterocycles. The zero-order valence-corrected chi connectivity index (χ0v) is 11.5. The fourth-order valence-electron chi connectivity index (χ4n) is 1.58. The summed E-state index contributed by atoms with van der Waals surface area (Å²) in [5.74, 6) is 1.33. The van der Waals surface area contributed by atoms with Crippen LogP contribution >= 0.6 is 15.9 Å². The van der Waals surface area contributed by atoms with Gasteiger partial charge in [0, 0.05) is 21.8 Å². The smallest absolute Gasteiger partial charge is 0.130 e. The highest BCUT2D eigenvalue weighted by atomic mass is 79.9. The fourth-order valence-corrected chi connectivity index (χ4v) is 1.93. The van der Waals surface area contributed by atoms with Crippen molar-refractivity contribution >= 4 is 33.9 Å². The molecule has 0 saturated heterocycles. The topological polar surface area (TPSA) is 48.1 Å². The van der Waals surface area contributed by atoms with E-state index in [0.29, 0.717) is 5.82 Å². The molecule has 0 amide bonds. The van der Waals surface area contributed by atoms with Crippen LogP contribution in [-0.2, 0) is 0 Å². The van der Waals surface area contributed by atoms with Crippen LogP contribution in [0.5, 0.6) is 5.75 Å². The Kier molecular flexibility index (Phi) is 3.99. The molecule has 2 rings (SSSR count). The molecule has 0 saturated carbocycles. The van der Waals surface area contributed by atoms with Crippen LogP contribution in [-0.4, -0.2) is 12.1 Å². The van der Waals surface area contributed by atoms with Crippen LogP contribution in [0.4, 0.5) is 5.82 Å². The highest BCUT2D eigenvalue weighted by molar-refractivity contribution is 9.10. The van der Waals surface area contributed by atoms with Crippen LogP contribution in [0, 0.1) is 0 Å². The van der Waals surface area contributed by atoms with Gasteiger partial charge in [-0.15, -0.1) is 0 Å². The van der Waals surface area contributed by atoms with Crippen LogP contribution in [0.3, 0.4) is 0 Å². The second-order valence-corrected chi connectivity index (χ2v) is 4.62. The summed E-state index contributed by atoms with van der Waals surface area (Å²) in [4.78, 5) is 4.08. The zero-order valence-electron chi connectivity index (χ0n) is 9.93. The number of nitrogen functional groups attached to an aromatic ring is 1. The molecule has 0 atom stereocenters. The monoisotopic (exact) mass is 304 g/mol. The fraction of sp³-hybridized carbons (Fsp3) is 0.0714. The normalized spacial score (nSPS) is 10.8. The summed E-state index contributed by atoms with van der Waals surface area (Å²) in [7, 11) is 1.65. The van der Waals surface area contributed by atoms with E-state index in [-0.39, 0.29) is 0 Å². The first-order valence-electron chi connectivity index (χ1n) is 5.43. The first-order valence-corrected chi connectivity index (χ1v) is 6.22. The van der Waals surface area contributed by atoms with Gasteiger partial charge in [0.25, 0.3) is 0 Å². The molecule has 0 fully saturated rings. The Hall–Kier alpha value is -1.81. The number of aromatic nitrogens is 1. The molecule has 1 aromatic carbocycles. The van der Waals surface area contributed by atoms with Gasteiger partial charge in [0.05, 0.1) is 7.11 Å². The summed E-state index contributed by atoms with van der Waals surface area (Å²) >= 11 is 3.37. The van der Waals surface area contributed by atoms with Crippen molar-refractivity contribution in [3.63, 3.8) is 0 Å². The van der Waals surface area contributed by atoms with Gasteiger partial charge in [-0.25, -0.2) is 4.98 Å². The summed E-state index contributed by atoms with van der Waals surface area (Å²) in [6, 6.07) is 9.73. The minimum Gasteiger partial charge on any atom is -0.496 e. The molecule has 1 aromatic heterocycles. The third kappa shape index (κ3) is 2.90. The van der Waals surface area contributed by atoms with E-state index in [1.165, 1.54) is 0 Å². The number of hydrogen-bond acceptors (Lipinski definition) is 3. The lowest BCUT2D eigenvalue weighted by Crippen LogP contribution is -1.93. The molecule has 0 spiro atoms. The third-order valence-corrected chi connectivity index (χ3v) is 2.93. The Bertz CT molecular complexity index is 582. The lowest BCUT2D eigenvalue weighted by molar-refractivity contribution is 0.414. The van der Waals surface area contributed by atoms with Gasteiger partial charge in [0.1, 0.15) is 11.6 Å². The Morgan fingerprint density at radius 2 is 1.94 bits per heavy atom. The van der Waals surface area contributed by atoms with E-state index in [2.05, 4.69) is 20.9 Å². The summed E-state index contributed by atoms with van der Waals surface area (Å²) in [6.07, 6.45) is 5.55. The third-order valence-electron chi connectivity index (χ3n) is 2.50. The second kappa shape index (κ2) is 5.69. The van der Waals surface area contributed by atoms with Gasteiger partial charge in [-0.1, -0.05) is 30.4 Å². The molecule has 92 valence electrons. The SMILES string of the molecule is COc1ccccc1C=Cc1cc(Br)cnc1N. The van der Waals surface area contributed by atoms with Gasteiger partial charge >= 0.3 is 0 Å². The van der Waals surface area contributed by atoms with Gasteiger partial charge in [-0.3, -0.25) is 0 Å². The van der Waals surface area contributed by atoms with Crippen LogP contribution in [0.15, 0.2) is 41.0 Å². The van der Waals surface area contributed by atoms with Gasteiger partial charge in [0.15, 0.2) is 0 Å². The maximum absolute atomic E-state index is 5.81. The lowest BCUT2D eigenvalue weighted by atomic mass is 10.1. The maximum atomic E-state index is 5.81. The van der Waals surface area contributed by atoms with Crippen molar-refractivity contribution in [2.75, 3.05) is 12.8 Å². The maximum Gasteiger partial charge on any atom is 0.130 e. The number of anilines is 1. The van der Waals surface area contributed by atoms with E-state index < -0.39 is 0 Å². The van der Waals surface area contributed by atoms with Crippen molar-refractivity contribution in [2.24, 2.45) is 0 Å². The highest BCUT2D eigenvalue weighted by Gasteiger charge is 2.00. The average Bonchev–Trinajstić information content (AvgIpc) is 2.40. The molecular formula is C14H13BrN2O. The van der Waals surface area contributed by atoms with Crippen LogP contribution in [0.25, 0.3) is 12.2 Å². The zero-order chi connectivity index (χ0) is 13.0. The first-order chi connectivity index (χ1) is 8.70. The molecular weight excluding hydrogens is 292 g/mol. The number of ether oxygens (including phenoxy) is 1. The molecule has 0 aliphatic carbocycles. The Morgan fingerprint density at radius 3 is 2.72 bits per heavy atom. The van der Waals surface area contributed by atoms with Crippen LogP contribution in [0.2, 0.25) is 0 Å². The standard InChI is InChI=1S/C14H13BrN2O/c1-18-13-5-3-2-4-10(13)6-7-11-8-12(15)9-17-14(11)16/h2-9H,1H3,(H2,16,17). The molecule has 0 aliphatic rings. The molecule has 3 nitrogen and oxygen atoms in total. The minimum absolute atomic E-state index is 0.504. The van der Waals surface area contributed by atoms with E-state index in [0.717, 1.165) is 21.3 Å². The van der Waals surface area contributed by atoms with Crippen LogP contribution < -0.4 is 10.5 Å². The highest BCUT2D eigenvalue weighted by Crippen LogP contribution is 2.22. The number of pyridine rings is 1. The summed E-state index contributed by atoms with van der Waals surface area (Å²) in [6.45, 7) is 0. The molecule has 1 heterocycles. The van der Waals surface area contributed by atoms with Crippen molar-refractivity contribution in [1.29, 1.82) is 0 Å². The van der Waals surface area contributed by atoms with Crippen LogP contribution in [0.1, 0.15) is 11.1 Å². The lowest BCUT2D eigenvalue weighted by Gasteiger charge is -2.04. The number of nitrogens with two attached hydrogens (primary N) is 1. The average molecular weight is 305 g/mol. The van der Waals surface area contributed by atoms with E-state index in [9.17, 15) is 0 Å². The quantitative estimate of drug-likeness (QED) is 0.942. The molecule has 2 aromatic rings. The molecule has 18 heavy (non-hydrogen) atoms. The molecule has 0 radical (unpaired) electrons. The van der Waals surface area contributed by atoms with Crippen molar-refractivity contribution in [1.82, 2.24) is 4.98 Å². The second-order valence-electron chi connectivity index (χ2n) is 3.70. The number of benzene rings is 1. The van der Waals surface area contributed by atoms with Crippen molar-refractivity contribution in [2.45, 2.75) is 0 Å². The van der Waals surface area contributed by atoms with Gasteiger partial charge in [0.2, 0.25) is 0 Å². The minimum atomic E-state index is 0.504. The number of rotatable bonds is 3. The number of para-hydroxylation sites is 1. The molecule has 0 unspecified atom stereocenters. The Labute approximate surface area is 114 Å². The van der Waals surface area contributed by atoms with Crippen molar-refractivity contribution in [3.8, 4) is 5.75 Å². The van der Waals surface area contributed by atoms with Gasteiger partial charge in [-0.2, -0.15) is 0 Å². The van der Waals surface area contributed by atoms with E-state index >= 15 is 0 Å². The predicted molar refractivity (Wildman–Crippen MR) is 78.3 cm³/mol. The number of halogens is 1. The summed E-state index contributed by atoms with van der Waals surface area (Å²) < 4.78 is 6.18. The van der Waals surface area contributed by atoms with E-state index in [1.807, 2.05) is 42.5 Å². The summed E-state index contributed by atoms with van der Waals surface area (Å²) in [5, 5.41) is 0. The Morgan fingerprint density at radius 1 is 1.22 bits per heavy atom. The number of nitrogens with zero attached hydrogens (tertiary/aromatic N) is 1. The largest absolute Gasteiger partial charge is 0.496 e. The first kappa shape index (κ1) is 12.6. The molecule has 2 N–H and O–H groups in total. The van der Waals surface area contributed by atoms with E-state index in [4.69, 9.17) is 10.5 Å². The Balaban J connectivity index is 2.33. The van der Waals surface area contributed by atoms with Gasteiger partial charge < -0.3 is 10.5 Å². The molecule has 4 heteroatoms. The van der Waals surface area contributed by atoms with Crippen molar-refractivity contribution in [3.05, 3.63) is 52.1 Å². The molecule has 0 bridgehead atoms. The van der Waals surface area contributed by atoms with Gasteiger partial charge in [-0.05, 0) is 28.1 Å². The number of methoxy groups -OCH3 is 1. The summed E-state index contributed by atoms with van der Waals surface area (Å²) in [5.41, 5.74) is 7.68. The van der Waals surface area contributed by atoms with E-state index in [1.54, 1.807) is 13.3 Å². The predicted octanol–water partition coefficient (Wildman–Crippen LogP) is 3.61. The van der Waals surface area contributed by atoms with Crippen molar-refractivity contribution < 1.29 is 4.74 Å². The number of hydrogen-bond donors (Lipinski definition) is 1.